The Labute approximate surface area is 159 Å². The fourth-order valence-electron chi connectivity index (χ4n) is 2.96. The average Bonchev–Trinajstić information content (AvgIpc) is 3.34. The van der Waals surface area contributed by atoms with Crippen molar-refractivity contribution < 1.29 is 13.2 Å². The van der Waals surface area contributed by atoms with E-state index in [9.17, 15) is 13.2 Å². The zero-order valence-corrected chi connectivity index (χ0v) is 16.5. The van der Waals surface area contributed by atoms with E-state index in [4.69, 9.17) is 0 Å². The molecule has 0 spiro atoms. The molecule has 0 radical (unpaired) electrons. The van der Waals surface area contributed by atoms with Crippen LogP contribution in [-0.4, -0.2) is 38.3 Å². The van der Waals surface area contributed by atoms with Crippen molar-refractivity contribution in [1.29, 1.82) is 0 Å². The molecule has 7 heteroatoms. The summed E-state index contributed by atoms with van der Waals surface area (Å²) in [5.74, 6) is -0.0956. The van der Waals surface area contributed by atoms with E-state index in [1.165, 1.54) is 11.3 Å². The maximum absolute atomic E-state index is 12.7. The molecule has 0 unspecified atom stereocenters. The van der Waals surface area contributed by atoms with Gasteiger partial charge >= 0.3 is 0 Å². The third kappa shape index (κ3) is 4.16. The number of nitrogens with zero attached hydrogens (tertiary/aromatic N) is 1. The van der Waals surface area contributed by atoms with Gasteiger partial charge in [0.15, 0.2) is 0 Å². The Morgan fingerprint density at radius 2 is 1.96 bits per heavy atom. The number of rotatable bonds is 7. The summed E-state index contributed by atoms with van der Waals surface area (Å²) in [5.41, 5.74) is 1.46. The summed E-state index contributed by atoms with van der Waals surface area (Å²) in [6, 6.07) is 10.8. The number of hydrogen-bond acceptors (Lipinski definition) is 4. The molecule has 5 nitrogen and oxygen atoms in total. The maximum Gasteiger partial charge on any atom is 0.252 e. The fourth-order valence-corrected chi connectivity index (χ4v) is 5.94. The summed E-state index contributed by atoms with van der Waals surface area (Å²) in [7, 11) is -3.39. The highest BCUT2D eigenvalue weighted by Gasteiger charge is 2.28. The minimum absolute atomic E-state index is 0.0956. The molecule has 3 rings (SSSR count). The summed E-state index contributed by atoms with van der Waals surface area (Å²) in [4.78, 5) is 13.1. The molecule has 26 heavy (non-hydrogen) atoms. The van der Waals surface area contributed by atoms with E-state index in [1.54, 1.807) is 16.4 Å². The van der Waals surface area contributed by atoms with Crippen molar-refractivity contribution in [2.75, 3.05) is 19.6 Å². The summed E-state index contributed by atoms with van der Waals surface area (Å²) >= 11 is 1.26. The molecule has 1 fully saturated rings. The van der Waals surface area contributed by atoms with Gasteiger partial charge in [-0.05, 0) is 49.1 Å². The second-order valence-electron chi connectivity index (χ2n) is 6.42. The molecular weight excluding hydrogens is 368 g/mol. The van der Waals surface area contributed by atoms with Crippen molar-refractivity contribution in [1.82, 2.24) is 9.62 Å². The van der Waals surface area contributed by atoms with Gasteiger partial charge in [0.25, 0.3) is 15.9 Å². The molecule has 1 aromatic carbocycles. The van der Waals surface area contributed by atoms with Crippen LogP contribution in [-0.2, 0) is 10.0 Å². The highest BCUT2D eigenvalue weighted by molar-refractivity contribution is 7.91. The molecule has 1 aliphatic heterocycles. The van der Waals surface area contributed by atoms with Crippen molar-refractivity contribution >= 4 is 27.3 Å². The normalized spacial score (nSPS) is 15.3. The largest absolute Gasteiger partial charge is 0.352 e. The van der Waals surface area contributed by atoms with Gasteiger partial charge in [-0.2, -0.15) is 4.31 Å². The van der Waals surface area contributed by atoms with Crippen molar-refractivity contribution in [3.05, 3.63) is 42.0 Å². The van der Waals surface area contributed by atoms with Gasteiger partial charge < -0.3 is 5.32 Å². The molecule has 1 aliphatic rings. The van der Waals surface area contributed by atoms with E-state index in [0.29, 0.717) is 29.4 Å². The molecule has 0 saturated carbocycles. The number of amides is 1. The first kappa shape index (κ1) is 19.1. The highest BCUT2D eigenvalue weighted by Crippen LogP contribution is 2.33. The summed E-state index contributed by atoms with van der Waals surface area (Å²) in [6.07, 6.45) is 3.83. The van der Waals surface area contributed by atoms with E-state index in [1.807, 2.05) is 24.3 Å². The predicted molar refractivity (Wildman–Crippen MR) is 105 cm³/mol. The van der Waals surface area contributed by atoms with E-state index in [0.717, 1.165) is 36.1 Å². The quantitative estimate of drug-likeness (QED) is 0.730. The number of carbonyl (C=O) groups excluding carboxylic acids is 1. The van der Waals surface area contributed by atoms with E-state index >= 15 is 0 Å². The lowest BCUT2D eigenvalue weighted by Gasteiger charge is -2.13. The summed E-state index contributed by atoms with van der Waals surface area (Å²) in [6.45, 7) is 3.94. The van der Waals surface area contributed by atoms with Gasteiger partial charge in [-0.1, -0.05) is 25.5 Å². The Bertz CT molecular complexity index is 868. The number of thiophene rings is 1. The standard InChI is InChI=1S/C19H24N2O3S2/c1-2-3-11-20-19(22)16-8-6-7-15(14-16)17-9-10-18(25-17)26(23,24)21-12-4-5-13-21/h6-10,14H,2-5,11-13H2,1H3,(H,20,22). The lowest BCUT2D eigenvalue weighted by molar-refractivity contribution is 0.0953. The maximum atomic E-state index is 12.7. The number of nitrogens with one attached hydrogen (secondary N) is 1. The van der Waals surface area contributed by atoms with Gasteiger partial charge in [0.2, 0.25) is 0 Å². The lowest BCUT2D eigenvalue weighted by Crippen LogP contribution is -2.27. The molecular formula is C19H24N2O3S2. The molecule has 0 aliphatic carbocycles. The van der Waals surface area contributed by atoms with Crippen LogP contribution in [0, 0.1) is 0 Å². The highest BCUT2D eigenvalue weighted by atomic mass is 32.2. The lowest BCUT2D eigenvalue weighted by atomic mass is 10.1. The number of benzene rings is 1. The van der Waals surface area contributed by atoms with Crippen LogP contribution < -0.4 is 5.32 Å². The van der Waals surface area contributed by atoms with Crippen LogP contribution in [0.3, 0.4) is 0 Å². The van der Waals surface area contributed by atoms with Crippen molar-refractivity contribution in [2.45, 2.75) is 36.8 Å². The van der Waals surface area contributed by atoms with Crippen molar-refractivity contribution in [3.63, 3.8) is 0 Å². The second kappa shape index (κ2) is 8.33. The number of hydrogen-bond donors (Lipinski definition) is 1. The summed E-state index contributed by atoms with van der Waals surface area (Å²) < 4.78 is 27.3. The first-order valence-corrected chi connectivity index (χ1v) is 11.3. The van der Waals surface area contributed by atoms with Gasteiger partial charge in [-0.3, -0.25) is 4.79 Å². The zero-order chi connectivity index (χ0) is 18.6. The van der Waals surface area contributed by atoms with Gasteiger partial charge in [-0.25, -0.2) is 8.42 Å². The molecule has 1 saturated heterocycles. The Balaban J connectivity index is 1.79. The Morgan fingerprint density at radius 1 is 1.19 bits per heavy atom. The van der Waals surface area contributed by atoms with Gasteiger partial charge in [0, 0.05) is 30.1 Å². The van der Waals surface area contributed by atoms with Crippen LogP contribution in [0.5, 0.6) is 0 Å². The van der Waals surface area contributed by atoms with E-state index in [2.05, 4.69) is 12.2 Å². The monoisotopic (exact) mass is 392 g/mol. The molecule has 1 amide bonds. The third-order valence-corrected chi connectivity index (χ3v) is 7.97. The molecule has 0 atom stereocenters. The minimum Gasteiger partial charge on any atom is -0.352 e. The Hall–Kier alpha value is -1.70. The minimum atomic E-state index is -3.39. The molecule has 140 valence electrons. The SMILES string of the molecule is CCCCNC(=O)c1cccc(-c2ccc(S(=O)(=O)N3CCCC3)s2)c1. The van der Waals surface area contributed by atoms with Crippen LogP contribution in [0.4, 0.5) is 0 Å². The van der Waals surface area contributed by atoms with E-state index in [-0.39, 0.29) is 5.91 Å². The molecule has 2 heterocycles. The number of carbonyl (C=O) groups is 1. The van der Waals surface area contributed by atoms with Crippen molar-refractivity contribution in [3.8, 4) is 10.4 Å². The summed E-state index contributed by atoms with van der Waals surface area (Å²) in [5, 5.41) is 2.91. The van der Waals surface area contributed by atoms with Crippen LogP contribution in [0.1, 0.15) is 43.0 Å². The molecule has 1 N–H and O–H groups in total. The number of unbranched alkanes of at least 4 members (excludes halogenated alkanes) is 1. The van der Waals surface area contributed by atoms with Gasteiger partial charge in [-0.15, -0.1) is 11.3 Å². The van der Waals surface area contributed by atoms with Gasteiger partial charge in [0.05, 0.1) is 0 Å². The topological polar surface area (TPSA) is 66.5 Å². The fraction of sp³-hybridized carbons (Fsp3) is 0.421. The van der Waals surface area contributed by atoms with Crippen LogP contribution in [0.15, 0.2) is 40.6 Å². The molecule has 2 aromatic rings. The van der Waals surface area contributed by atoms with E-state index < -0.39 is 10.0 Å². The zero-order valence-electron chi connectivity index (χ0n) is 14.9. The number of sulfonamides is 1. The van der Waals surface area contributed by atoms with Gasteiger partial charge in [0.1, 0.15) is 4.21 Å². The Kier molecular flexibility index (Phi) is 6.11. The first-order chi connectivity index (χ1) is 12.5. The first-order valence-electron chi connectivity index (χ1n) is 9.01. The molecule has 0 bridgehead atoms. The average molecular weight is 393 g/mol. The third-order valence-electron chi connectivity index (χ3n) is 4.47. The second-order valence-corrected chi connectivity index (χ2v) is 9.67. The smallest absolute Gasteiger partial charge is 0.252 e. The van der Waals surface area contributed by atoms with Crippen molar-refractivity contribution in [2.24, 2.45) is 0 Å². The van der Waals surface area contributed by atoms with Crippen LogP contribution >= 0.6 is 11.3 Å². The predicted octanol–water partition coefficient (Wildman–Crippen LogP) is 3.73. The molecule has 1 aromatic heterocycles. The van der Waals surface area contributed by atoms with Crippen LogP contribution in [0.25, 0.3) is 10.4 Å². The van der Waals surface area contributed by atoms with Crippen LogP contribution in [0.2, 0.25) is 0 Å². The Morgan fingerprint density at radius 3 is 2.69 bits per heavy atom.